The lowest BCUT2D eigenvalue weighted by molar-refractivity contribution is 0.0467. The van der Waals surface area contributed by atoms with Gasteiger partial charge in [0, 0.05) is 16.9 Å². The van der Waals surface area contributed by atoms with Crippen LogP contribution in [-0.2, 0) is 11.3 Å². The van der Waals surface area contributed by atoms with E-state index in [-0.39, 0.29) is 6.61 Å². The van der Waals surface area contributed by atoms with Gasteiger partial charge in [0.25, 0.3) is 0 Å². The topological polar surface area (TPSA) is 65.2 Å². The number of carbonyl (C=O) groups is 1. The normalized spacial score (nSPS) is 10.2. The van der Waals surface area contributed by atoms with E-state index in [4.69, 9.17) is 22.1 Å². The summed E-state index contributed by atoms with van der Waals surface area (Å²) < 4.78 is 5.19. The number of nitrogens with two attached hydrogens (primary N) is 1. The first kappa shape index (κ1) is 13.4. The summed E-state index contributed by atoms with van der Waals surface area (Å²) in [4.78, 5) is 16.0. The quantitative estimate of drug-likeness (QED) is 0.691. The van der Waals surface area contributed by atoms with Crippen molar-refractivity contribution in [3.63, 3.8) is 0 Å². The highest BCUT2D eigenvalue weighted by molar-refractivity contribution is 6.31. The third kappa shape index (κ3) is 3.45. The maximum atomic E-state index is 11.9. The van der Waals surface area contributed by atoms with Crippen LogP contribution in [0.2, 0.25) is 5.02 Å². The van der Waals surface area contributed by atoms with Crippen molar-refractivity contribution in [1.82, 2.24) is 4.98 Å². The number of rotatable bonds is 3. The van der Waals surface area contributed by atoms with Gasteiger partial charge in [-0.25, -0.2) is 4.79 Å². The summed E-state index contributed by atoms with van der Waals surface area (Å²) in [6, 6.07) is 8.36. The third-order valence-electron chi connectivity index (χ3n) is 2.61. The monoisotopic (exact) mass is 276 g/mol. The number of aromatic nitrogens is 1. The highest BCUT2D eigenvalue weighted by Crippen LogP contribution is 2.17. The lowest BCUT2D eigenvalue weighted by atomic mass is 10.2. The molecule has 19 heavy (non-hydrogen) atoms. The van der Waals surface area contributed by atoms with Crippen molar-refractivity contribution in [2.24, 2.45) is 0 Å². The third-order valence-corrected chi connectivity index (χ3v) is 2.83. The fourth-order valence-corrected chi connectivity index (χ4v) is 1.86. The Hall–Kier alpha value is -2.07. The van der Waals surface area contributed by atoms with Gasteiger partial charge in [-0.15, -0.1) is 0 Å². The van der Waals surface area contributed by atoms with Crippen LogP contribution in [0.5, 0.6) is 0 Å². The molecule has 2 N–H and O–H groups in total. The Balaban J connectivity index is 2.08. The van der Waals surface area contributed by atoms with Gasteiger partial charge >= 0.3 is 5.97 Å². The number of carbonyl (C=O) groups excluding carboxylic acids is 1. The minimum absolute atomic E-state index is 0.123. The molecule has 5 heteroatoms. The number of nitrogen functional groups attached to an aromatic ring is 1. The Kier molecular flexibility index (Phi) is 4.02. The fourth-order valence-electron chi connectivity index (χ4n) is 1.62. The zero-order valence-corrected chi connectivity index (χ0v) is 11.1. The summed E-state index contributed by atoms with van der Waals surface area (Å²) in [6.07, 6.45) is 1.66. The molecule has 0 saturated carbocycles. The number of nitrogens with zero attached hydrogens (tertiary/aromatic N) is 1. The van der Waals surface area contributed by atoms with E-state index >= 15 is 0 Å². The van der Waals surface area contributed by atoms with E-state index in [0.29, 0.717) is 16.3 Å². The molecule has 0 fully saturated rings. The Morgan fingerprint density at radius 3 is 2.89 bits per heavy atom. The van der Waals surface area contributed by atoms with Crippen LogP contribution in [0.15, 0.2) is 36.5 Å². The Labute approximate surface area is 116 Å². The predicted molar refractivity (Wildman–Crippen MR) is 74.0 cm³/mol. The molecule has 0 bridgehead atoms. The minimum atomic E-state index is -0.473. The molecule has 1 aromatic heterocycles. The predicted octanol–water partition coefficient (Wildman–Crippen LogP) is 2.98. The number of benzene rings is 1. The molecule has 0 unspecified atom stereocenters. The molecular formula is C14H13ClN2O2. The van der Waals surface area contributed by atoms with Crippen molar-refractivity contribution in [2.45, 2.75) is 13.5 Å². The molecule has 1 aromatic carbocycles. The average molecular weight is 277 g/mol. The van der Waals surface area contributed by atoms with Gasteiger partial charge in [-0.05, 0) is 36.8 Å². The van der Waals surface area contributed by atoms with E-state index in [1.165, 1.54) is 12.1 Å². The zero-order chi connectivity index (χ0) is 13.8. The number of pyridine rings is 1. The van der Waals surface area contributed by atoms with E-state index in [0.717, 1.165) is 11.3 Å². The number of hydrogen-bond acceptors (Lipinski definition) is 4. The summed E-state index contributed by atoms with van der Waals surface area (Å²) in [5, 5.41) is 0.404. The van der Waals surface area contributed by atoms with Crippen LogP contribution in [0.3, 0.4) is 0 Å². The Morgan fingerprint density at radius 1 is 1.42 bits per heavy atom. The molecule has 2 rings (SSSR count). The molecule has 0 amide bonds. The van der Waals surface area contributed by atoms with Crippen LogP contribution in [-0.4, -0.2) is 11.0 Å². The Morgan fingerprint density at radius 2 is 2.21 bits per heavy atom. The first-order chi connectivity index (χ1) is 9.06. The molecule has 1 heterocycles. The Bertz CT molecular complexity index is 594. The second-order valence-corrected chi connectivity index (χ2v) is 4.55. The second-order valence-electron chi connectivity index (χ2n) is 4.12. The van der Waals surface area contributed by atoms with Crippen LogP contribution in [0.1, 0.15) is 21.6 Å². The van der Waals surface area contributed by atoms with Gasteiger partial charge in [0.05, 0.1) is 11.3 Å². The van der Waals surface area contributed by atoms with Crippen LogP contribution in [0.25, 0.3) is 0 Å². The maximum absolute atomic E-state index is 11.9. The SMILES string of the molecule is Cc1cccnc1COC(=O)c1cc(N)cc(Cl)c1. The van der Waals surface area contributed by atoms with Crippen molar-refractivity contribution in [3.05, 3.63) is 58.4 Å². The van der Waals surface area contributed by atoms with E-state index in [1.54, 1.807) is 12.3 Å². The maximum Gasteiger partial charge on any atom is 0.338 e. The van der Waals surface area contributed by atoms with Crippen molar-refractivity contribution in [3.8, 4) is 0 Å². The summed E-state index contributed by atoms with van der Waals surface area (Å²) in [5.41, 5.74) is 8.08. The summed E-state index contributed by atoms with van der Waals surface area (Å²) in [5.74, 6) is -0.473. The molecule has 0 saturated heterocycles. The average Bonchev–Trinajstić information content (AvgIpc) is 2.36. The minimum Gasteiger partial charge on any atom is -0.456 e. The fraction of sp³-hybridized carbons (Fsp3) is 0.143. The van der Waals surface area contributed by atoms with Gasteiger partial charge in [-0.2, -0.15) is 0 Å². The van der Waals surface area contributed by atoms with Gasteiger partial charge in [0.1, 0.15) is 6.61 Å². The molecule has 0 spiro atoms. The van der Waals surface area contributed by atoms with E-state index in [1.807, 2.05) is 19.1 Å². The van der Waals surface area contributed by atoms with Crippen LogP contribution in [0.4, 0.5) is 5.69 Å². The summed E-state index contributed by atoms with van der Waals surface area (Å²) >= 11 is 5.84. The molecule has 2 aromatic rings. The standard InChI is InChI=1S/C14H13ClN2O2/c1-9-3-2-4-17-13(9)8-19-14(18)10-5-11(15)7-12(16)6-10/h2-7H,8,16H2,1H3. The van der Waals surface area contributed by atoms with Gasteiger partial charge < -0.3 is 10.5 Å². The molecule has 0 atom stereocenters. The molecular weight excluding hydrogens is 264 g/mol. The van der Waals surface area contributed by atoms with Gasteiger partial charge in [0.15, 0.2) is 0 Å². The number of esters is 1. The zero-order valence-electron chi connectivity index (χ0n) is 10.4. The van der Waals surface area contributed by atoms with Crippen molar-refractivity contribution >= 4 is 23.3 Å². The first-order valence-corrected chi connectivity index (χ1v) is 6.08. The van der Waals surface area contributed by atoms with E-state index in [9.17, 15) is 4.79 Å². The van der Waals surface area contributed by atoms with E-state index in [2.05, 4.69) is 4.98 Å². The molecule has 0 aliphatic carbocycles. The highest BCUT2D eigenvalue weighted by Gasteiger charge is 2.10. The van der Waals surface area contributed by atoms with Gasteiger partial charge in [-0.3, -0.25) is 4.98 Å². The van der Waals surface area contributed by atoms with Crippen molar-refractivity contribution < 1.29 is 9.53 Å². The summed E-state index contributed by atoms with van der Waals surface area (Å²) in [7, 11) is 0. The number of aryl methyl sites for hydroxylation is 1. The molecule has 0 radical (unpaired) electrons. The van der Waals surface area contributed by atoms with Crippen LogP contribution in [0, 0.1) is 6.92 Å². The number of anilines is 1. The van der Waals surface area contributed by atoms with E-state index < -0.39 is 5.97 Å². The second kappa shape index (κ2) is 5.71. The summed E-state index contributed by atoms with van der Waals surface area (Å²) in [6.45, 7) is 2.03. The number of ether oxygens (including phenoxy) is 1. The highest BCUT2D eigenvalue weighted by atomic mass is 35.5. The van der Waals surface area contributed by atoms with Gasteiger partial charge in [-0.1, -0.05) is 17.7 Å². The lowest BCUT2D eigenvalue weighted by Crippen LogP contribution is -2.07. The number of halogens is 1. The lowest BCUT2D eigenvalue weighted by Gasteiger charge is -2.07. The van der Waals surface area contributed by atoms with Crippen molar-refractivity contribution in [1.29, 1.82) is 0 Å². The molecule has 4 nitrogen and oxygen atoms in total. The van der Waals surface area contributed by atoms with Crippen molar-refractivity contribution in [2.75, 3.05) is 5.73 Å². The largest absolute Gasteiger partial charge is 0.456 e. The number of hydrogen-bond donors (Lipinski definition) is 1. The van der Waals surface area contributed by atoms with Crippen LogP contribution >= 0.6 is 11.6 Å². The van der Waals surface area contributed by atoms with Crippen LogP contribution < -0.4 is 5.73 Å². The molecule has 98 valence electrons. The molecule has 0 aliphatic heterocycles. The van der Waals surface area contributed by atoms with Gasteiger partial charge in [0.2, 0.25) is 0 Å². The smallest absolute Gasteiger partial charge is 0.338 e. The first-order valence-electron chi connectivity index (χ1n) is 5.70. The molecule has 0 aliphatic rings.